The fourth-order valence-electron chi connectivity index (χ4n) is 1.82. The molecule has 0 radical (unpaired) electrons. The van der Waals surface area contributed by atoms with Gasteiger partial charge < -0.3 is 9.52 Å². The van der Waals surface area contributed by atoms with Crippen molar-refractivity contribution in [2.75, 3.05) is 0 Å². The summed E-state index contributed by atoms with van der Waals surface area (Å²) < 4.78 is 5.66. The third-order valence-corrected chi connectivity index (χ3v) is 2.99. The van der Waals surface area contributed by atoms with E-state index in [-0.39, 0.29) is 5.75 Å². The summed E-state index contributed by atoms with van der Waals surface area (Å²) in [6, 6.07) is 14.5. The van der Waals surface area contributed by atoms with Crippen molar-refractivity contribution in [1.29, 1.82) is 0 Å². The molecule has 0 spiro atoms. The molecule has 0 bridgehead atoms. The fraction of sp³-hybridized carbons (Fsp3) is 0. The molecule has 3 aromatic rings. The molecule has 0 aliphatic heterocycles. The van der Waals surface area contributed by atoms with Crippen molar-refractivity contribution >= 4 is 11.6 Å². The van der Waals surface area contributed by atoms with Gasteiger partial charge in [0.2, 0.25) is 5.89 Å². The molecular weight excluding hydrogens is 262 g/mol. The summed E-state index contributed by atoms with van der Waals surface area (Å²) in [7, 11) is 0. The largest absolute Gasteiger partial charge is 0.507 e. The van der Waals surface area contributed by atoms with E-state index in [0.29, 0.717) is 22.2 Å². The molecule has 0 aliphatic rings. The molecule has 2 aromatic carbocycles. The number of hydrogen-bond acceptors (Lipinski definition) is 3. The molecule has 1 N–H and O–H groups in total. The highest BCUT2D eigenvalue weighted by Gasteiger charge is 2.12. The van der Waals surface area contributed by atoms with Crippen LogP contribution in [0.1, 0.15) is 0 Å². The van der Waals surface area contributed by atoms with Crippen molar-refractivity contribution in [1.82, 2.24) is 4.98 Å². The van der Waals surface area contributed by atoms with Crippen LogP contribution in [-0.4, -0.2) is 10.1 Å². The Hall–Kier alpha value is -2.26. The van der Waals surface area contributed by atoms with E-state index in [0.717, 1.165) is 5.56 Å². The van der Waals surface area contributed by atoms with Crippen LogP contribution in [-0.2, 0) is 0 Å². The van der Waals surface area contributed by atoms with Crippen LogP contribution in [0.2, 0.25) is 5.02 Å². The highest BCUT2D eigenvalue weighted by Crippen LogP contribution is 2.33. The van der Waals surface area contributed by atoms with Crippen molar-refractivity contribution in [3.8, 4) is 28.5 Å². The fourth-order valence-corrected chi connectivity index (χ4v) is 1.99. The Morgan fingerprint density at radius 3 is 2.58 bits per heavy atom. The van der Waals surface area contributed by atoms with Crippen LogP contribution in [0.15, 0.2) is 59.1 Å². The average Bonchev–Trinajstić information content (AvgIpc) is 2.89. The molecule has 0 saturated heterocycles. The molecule has 1 heterocycles. The Labute approximate surface area is 115 Å². The van der Waals surface area contributed by atoms with Crippen molar-refractivity contribution < 1.29 is 9.52 Å². The number of halogens is 1. The second kappa shape index (κ2) is 4.78. The summed E-state index contributed by atoms with van der Waals surface area (Å²) >= 11 is 5.79. The minimum Gasteiger partial charge on any atom is -0.507 e. The van der Waals surface area contributed by atoms with Crippen LogP contribution in [0.3, 0.4) is 0 Å². The van der Waals surface area contributed by atoms with Crippen LogP contribution < -0.4 is 0 Å². The lowest BCUT2D eigenvalue weighted by Crippen LogP contribution is -1.78. The molecule has 1 aromatic heterocycles. The standard InChI is InChI=1S/C15H10ClNO2/c16-11-6-7-12(13(18)8-11)15-17-9-14(19-15)10-4-2-1-3-5-10/h1-9,18H. The molecule has 0 fully saturated rings. The van der Waals surface area contributed by atoms with E-state index in [1.165, 1.54) is 6.07 Å². The SMILES string of the molecule is Oc1cc(Cl)ccc1-c1ncc(-c2ccccc2)o1. The van der Waals surface area contributed by atoms with Crippen LogP contribution in [0.5, 0.6) is 5.75 Å². The molecule has 0 amide bonds. The van der Waals surface area contributed by atoms with Gasteiger partial charge in [0.1, 0.15) is 5.75 Å². The zero-order valence-corrected chi connectivity index (χ0v) is 10.6. The number of rotatable bonds is 2. The number of phenols is 1. The number of benzene rings is 2. The lowest BCUT2D eigenvalue weighted by Gasteiger charge is -2.00. The Bertz CT molecular complexity index is 707. The quantitative estimate of drug-likeness (QED) is 0.753. The minimum absolute atomic E-state index is 0.0500. The van der Waals surface area contributed by atoms with Gasteiger partial charge in [0.15, 0.2) is 5.76 Å². The first kappa shape index (κ1) is 11.8. The third-order valence-electron chi connectivity index (χ3n) is 2.75. The van der Waals surface area contributed by atoms with Gasteiger partial charge in [-0.1, -0.05) is 41.9 Å². The van der Waals surface area contributed by atoms with E-state index >= 15 is 0 Å². The Morgan fingerprint density at radius 2 is 1.84 bits per heavy atom. The number of phenolic OH excluding ortho intramolecular Hbond substituents is 1. The van der Waals surface area contributed by atoms with Gasteiger partial charge in [-0.3, -0.25) is 0 Å². The van der Waals surface area contributed by atoms with E-state index in [2.05, 4.69) is 4.98 Å². The van der Waals surface area contributed by atoms with Gasteiger partial charge in [-0.05, 0) is 18.2 Å². The summed E-state index contributed by atoms with van der Waals surface area (Å²) in [4.78, 5) is 4.18. The molecule has 94 valence electrons. The summed E-state index contributed by atoms with van der Waals surface area (Å²) in [5.41, 5.74) is 1.46. The van der Waals surface area contributed by atoms with Crippen molar-refractivity contribution in [3.05, 3.63) is 59.8 Å². The zero-order valence-electron chi connectivity index (χ0n) is 9.88. The summed E-state index contributed by atoms with van der Waals surface area (Å²) in [6.07, 6.45) is 1.64. The smallest absolute Gasteiger partial charge is 0.230 e. The third kappa shape index (κ3) is 2.33. The first-order valence-electron chi connectivity index (χ1n) is 5.74. The van der Waals surface area contributed by atoms with Gasteiger partial charge in [0, 0.05) is 10.6 Å². The topological polar surface area (TPSA) is 46.3 Å². The number of aromatic nitrogens is 1. The minimum atomic E-state index is 0.0500. The normalized spacial score (nSPS) is 10.6. The lowest BCUT2D eigenvalue weighted by atomic mass is 10.2. The summed E-state index contributed by atoms with van der Waals surface area (Å²) in [6.45, 7) is 0. The summed E-state index contributed by atoms with van der Waals surface area (Å²) in [5, 5.41) is 10.3. The molecule has 0 aliphatic carbocycles. The molecule has 3 rings (SSSR count). The van der Waals surface area contributed by atoms with E-state index in [1.54, 1.807) is 18.3 Å². The van der Waals surface area contributed by atoms with Gasteiger partial charge >= 0.3 is 0 Å². The zero-order chi connectivity index (χ0) is 13.2. The van der Waals surface area contributed by atoms with Gasteiger partial charge in [-0.15, -0.1) is 0 Å². The van der Waals surface area contributed by atoms with Crippen molar-refractivity contribution in [3.63, 3.8) is 0 Å². The molecule has 0 atom stereocenters. The molecule has 0 unspecified atom stereocenters. The highest BCUT2D eigenvalue weighted by molar-refractivity contribution is 6.30. The van der Waals surface area contributed by atoms with Gasteiger partial charge in [0.05, 0.1) is 11.8 Å². The number of hydrogen-bond donors (Lipinski definition) is 1. The maximum absolute atomic E-state index is 9.84. The van der Waals surface area contributed by atoms with Crippen molar-refractivity contribution in [2.24, 2.45) is 0 Å². The van der Waals surface area contributed by atoms with Gasteiger partial charge in [0.25, 0.3) is 0 Å². The van der Waals surface area contributed by atoms with E-state index < -0.39 is 0 Å². The van der Waals surface area contributed by atoms with Crippen LogP contribution in [0.4, 0.5) is 0 Å². The van der Waals surface area contributed by atoms with Crippen molar-refractivity contribution in [2.45, 2.75) is 0 Å². The molecule has 19 heavy (non-hydrogen) atoms. The van der Waals surface area contributed by atoms with E-state index in [9.17, 15) is 5.11 Å². The van der Waals surface area contributed by atoms with Gasteiger partial charge in [-0.25, -0.2) is 4.98 Å². The number of nitrogens with zero attached hydrogens (tertiary/aromatic N) is 1. The molecule has 4 heteroatoms. The van der Waals surface area contributed by atoms with Crippen LogP contribution in [0.25, 0.3) is 22.8 Å². The maximum atomic E-state index is 9.84. The van der Waals surface area contributed by atoms with Crippen LogP contribution >= 0.6 is 11.6 Å². The first-order chi connectivity index (χ1) is 9.24. The monoisotopic (exact) mass is 271 g/mol. The lowest BCUT2D eigenvalue weighted by molar-refractivity contribution is 0.473. The van der Waals surface area contributed by atoms with Crippen LogP contribution in [0, 0.1) is 0 Å². The Kier molecular flexibility index (Phi) is 2.97. The average molecular weight is 272 g/mol. The van der Waals surface area contributed by atoms with E-state index in [4.69, 9.17) is 16.0 Å². The van der Waals surface area contributed by atoms with E-state index in [1.807, 2.05) is 30.3 Å². The highest BCUT2D eigenvalue weighted by atomic mass is 35.5. The molecular formula is C15H10ClNO2. The molecule has 0 saturated carbocycles. The Balaban J connectivity index is 2.02. The predicted molar refractivity (Wildman–Crippen MR) is 74.0 cm³/mol. The summed E-state index contributed by atoms with van der Waals surface area (Å²) in [5.74, 6) is 1.08. The number of aromatic hydroxyl groups is 1. The predicted octanol–water partition coefficient (Wildman–Crippen LogP) is 4.37. The number of oxazole rings is 1. The molecule has 3 nitrogen and oxygen atoms in total. The maximum Gasteiger partial charge on any atom is 0.230 e. The Morgan fingerprint density at radius 1 is 1.05 bits per heavy atom. The second-order valence-corrected chi connectivity index (χ2v) is 4.49. The first-order valence-corrected chi connectivity index (χ1v) is 6.12. The second-order valence-electron chi connectivity index (χ2n) is 4.06. The van der Waals surface area contributed by atoms with Gasteiger partial charge in [-0.2, -0.15) is 0 Å².